The van der Waals surface area contributed by atoms with Crippen molar-refractivity contribution in [1.82, 2.24) is 9.55 Å². The molecular weight excluding hydrogens is 298 g/mol. The lowest BCUT2D eigenvalue weighted by atomic mass is 9.96. The van der Waals surface area contributed by atoms with Crippen molar-refractivity contribution in [2.45, 2.75) is 38.1 Å². The summed E-state index contributed by atoms with van der Waals surface area (Å²) in [5, 5.41) is 3.69. The second kappa shape index (κ2) is 6.56. The predicted molar refractivity (Wildman–Crippen MR) is 98.1 cm³/mol. The number of rotatable bonds is 4. The Kier molecular flexibility index (Phi) is 4.11. The summed E-state index contributed by atoms with van der Waals surface area (Å²) in [7, 11) is 1.69. The predicted octanol–water partition coefficient (Wildman–Crippen LogP) is 4.78. The highest BCUT2D eigenvalue weighted by atomic mass is 16.5. The monoisotopic (exact) mass is 321 g/mol. The second-order valence-electron chi connectivity index (χ2n) is 6.44. The molecule has 0 atom stereocenters. The molecule has 4 heteroatoms. The number of methoxy groups -OCH3 is 1. The minimum absolute atomic E-state index is 0.521. The van der Waals surface area contributed by atoms with E-state index in [1.807, 2.05) is 18.2 Å². The van der Waals surface area contributed by atoms with Gasteiger partial charge in [-0.1, -0.05) is 31.4 Å². The summed E-state index contributed by atoms with van der Waals surface area (Å²) in [5.41, 5.74) is 3.25. The quantitative estimate of drug-likeness (QED) is 0.751. The van der Waals surface area contributed by atoms with Crippen LogP contribution in [0, 0.1) is 0 Å². The number of hydrogen-bond donors (Lipinski definition) is 1. The third-order valence-corrected chi connectivity index (χ3v) is 4.83. The van der Waals surface area contributed by atoms with Gasteiger partial charge in [-0.15, -0.1) is 0 Å². The van der Waals surface area contributed by atoms with E-state index in [9.17, 15) is 0 Å². The summed E-state index contributed by atoms with van der Waals surface area (Å²) >= 11 is 0. The van der Waals surface area contributed by atoms with Gasteiger partial charge in [0.25, 0.3) is 0 Å². The number of fused-ring (bicyclic) bond motifs is 1. The molecule has 0 unspecified atom stereocenters. The van der Waals surface area contributed by atoms with Gasteiger partial charge in [0.05, 0.1) is 18.1 Å². The van der Waals surface area contributed by atoms with Crippen molar-refractivity contribution >= 4 is 17.0 Å². The Labute approximate surface area is 142 Å². The van der Waals surface area contributed by atoms with E-state index >= 15 is 0 Å². The molecule has 1 aliphatic carbocycles. The van der Waals surface area contributed by atoms with Gasteiger partial charge in [-0.05, 0) is 49.2 Å². The van der Waals surface area contributed by atoms with Gasteiger partial charge in [-0.2, -0.15) is 0 Å². The smallest absolute Gasteiger partial charge is 0.208 e. The summed E-state index contributed by atoms with van der Waals surface area (Å²) in [6, 6.07) is 17.0. The fraction of sp³-hybridized carbons (Fsp3) is 0.350. The van der Waals surface area contributed by atoms with Crippen molar-refractivity contribution in [3.8, 4) is 11.4 Å². The van der Waals surface area contributed by atoms with E-state index < -0.39 is 0 Å². The van der Waals surface area contributed by atoms with Crippen LogP contribution >= 0.6 is 0 Å². The van der Waals surface area contributed by atoms with Gasteiger partial charge in [-0.25, -0.2) is 4.98 Å². The largest absolute Gasteiger partial charge is 0.497 e. The average molecular weight is 321 g/mol. The Balaban J connectivity index is 1.76. The Morgan fingerprint density at radius 2 is 1.75 bits per heavy atom. The molecule has 2 aromatic carbocycles. The highest BCUT2D eigenvalue weighted by Gasteiger charge is 2.18. The van der Waals surface area contributed by atoms with Crippen LogP contribution in [0.1, 0.15) is 32.1 Å². The molecule has 0 radical (unpaired) electrons. The summed E-state index contributed by atoms with van der Waals surface area (Å²) in [6.07, 6.45) is 6.42. The summed E-state index contributed by atoms with van der Waals surface area (Å²) in [6.45, 7) is 0. The normalized spacial score (nSPS) is 15.5. The van der Waals surface area contributed by atoms with Gasteiger partial charge in [0, 0.05) is 11.7 Å². The van der Waals surface area contributed by atoms with E-state index in [2.05, 4.69) is 40.2 Å². The van der Waals surface area contributed by atoms with Crippen LogP contribution in [0.4, 0.5) is 5.95 Å². The fourth-order valence-electron chi connectivity index (χ4n) is 3.54. The molecule has 3 aromatic rings. The lowest BCUT2D eigenvalue weighted by molar-refractivity contribution is 0.415. The van der Waals surface area contributed by atoms with E-state index in [0.29, 0.717) is 6.04 Å². The van der Waals surface area contributed by atoms with Gasteiger partial charge in [0.1, 0.15) is 5.75 Å². The van der Waals surface area contributed by atoms with Crippen molar-refractivity contribution in [3.63, 3.8) is 0 Å². The molecule has 1 fully saturated rings. The zero-order valence-corrected chi connectivity index (χ0v) is 14.0. The van der Waals surface area contributed by atoms with Gasteiger partial charge in [0.15, 0.2) is 0 Å². The maximum absolute atomic E-state index is 5.29. The van der Waals surface area contributed by atoms with Crippen molar-refractivity contribution in [2.24, 2.45) is 0 Å². The Hall–Kier alpha value is -2.49. The van der Waals surface area contributed by atoms with Crippen LogP contribution in [0.15, 0.2) is 48.5 Å². The first-order valence-electron chi connectivity index (χ1n) is 8.73. The van der Waals surface area contributed by atoms with Crippen LogP contribution in [0.2, 0.25) is 0 Å². The summed E-state index contributed by atoms with van der Waals surface area (Å²) in [5.74, 6) is 1.80. The first-order valence-corrected chi connectivity index (χ1v) is 8.73. The molecule has 1 aromatic heterocycles. The number of hydrogen-bond acceptors (Lipinski definition) is 3. The van der Waals surface area contributed by atoms with Crippen molar-refractivity contribution < 1.29 is 4.74 Å². The van der Waals surface area contributed by atoms with Crippen LogP contribution in [-0.2, 0) is 0 Å². The number of aromatic nitrogens is 2. The van der Waals surface area contributed by atoms with Crippen molar-refractivity contribution in [2.75, 3.05) is 12.4 Å². The van der Waals surface area contributed by atoms with Crippen LogP contribution in [-0.4, -0.2) is 22.7 Å². The summed E-state index contributed by atoms with van der Waals surface area (Å²) in [4.78, 5) is 4.85. The number of para-hydroxylation sites is 2. The first kappa shape index (κ1) is 15.1. The molecule has 0 aliphatic heterocycles. The number of anilines is 1. The molecule has 1 heterocycles. The zero-order valence-electron chi connectivity index (χ0n) is 14.0. The summed E-state index contributed by atoms with van der Waals surface area (Å²) < 4.78 is 7.50. The number of benzene rings is 2. The van der Waals surface area contributed by atoms with Crippen LogP contribution in [0.3, 0.4) is 0 Å². The number of nitrogens with one attached hydrogen (secondary N) is 1. The van der Waals surface area contributed by atoms with Crippen molar-refractivity contribution in [1.29, 1.82) is 0 Å². The maximum Gasteiger partial charge on any atom is 0.208 e. The number of nitrogens with zero attached hydrogens (tertiary/aromatic N) is 2. The molecule has 0 spiro atoms. The molecule has 4 nitrogen and oxygen atoms in total. The molecule has 0 bridgehead atoms. The van der Waals surface area contributed by atoms with E-state index in [0.717, 1.165) is 28.4 Å². The SMILES string of the molecule is COc1ccc(-n2c(NC3CCCCC3)nc3ccccc32)cc1. The van der Waals surface area contributed by atoms with Gasteiger partial charge in [0.2, 0.25) is 5.95 Å². The zero-order chi connectivity index (χ0) is 16.4. The topological polar surface area (TPSA) is 39.1 Å². The molecule has 1 saturated carbocycles. The molecular formula is C20H23N3O. The van der Waals surface area contributed by atoms with Crippen LogP contribution < -0.4 is 10.1 Å². The third kappa shape index (κ3) is 2.84. The molecule has 24 heavy (non-hydrogen) atoms. The fourth-order valence-corrected chi connectivity index (χ4v) is 3.54. The lowest BCUT2D eigenvalue weighted by Gasteiger charge is -2.23. The average Bonchev–Trinajstić information content (AvgIpc) is 3.00. The molecule has 124 valence electrons. The highest BCUT2D eigenvalue weighted by molar-refractivity contribution is 5.81. The van der Waals surface area contributed by atoms with E-state index in [-0.39, 0.29) is 0 Å². The Bertz CT molecular complexity index is 817. The van der Waals surface area contributed by atoms with E-state index in [1.54, 1.807) is 7.11 Å². The molecule has 1 N–H and O–H groups in total. The first-order chi connectivity index (χ1) is 11.8. The second-order valence-corrected chi connectivity index (χ2v) is 6.44. The maximum atomic E-state index is 5.29. The van der Waals surface area contributed by atoms with Gasteiger partial charge >= 0.3 is 0 Å². The van der Waals surface area contributed by atoms with Gasteiger partial charge in [-0.3, -0.25) is 4.57 Å². The van der Waals surface area contributed by atoms with Crippen LogP contribution in [0.25, 0.3) is 16.7 Å². The van der Waals surface area contributed by atoms with Gasteiger partial charge < -0.3 is 10.1 Å². The molecule has 4 rings (SSSR count). The van der Waals surface area contributed by atoms with Crippen molar-refractivity contribution in [3.05, 3.63) is 48.5 Å². The van der Waals surface area contributed by atoms with E-state index in [4.69, 9.17) is 9.72 Å². The Morgan fingerprint density at radius 1 is 1.00 bits per heavy atom. The van der Waals surface area contributed by atoms with Crippen LogP contribution in [0.5, 0.6) is 5.75 Å². The van der Waals surface area contributed by atoms with E-state index in [1.165, 1.54) is 32.1 Å². The third-order valence-electron chi connectivity index (χ3n) is 4.83. The molecule has 1 aliphatic rings. The molecule has 0 saturated heterocycles. The number of imidazole rings is 1. The number of ether oxygens (including phenoxy) is 1. The minimum atomic E-state index is 0.521. The lowest BCUT2D eigenvalue weighted by Crippen LogP contribution is -2.24. The standard InChI is InChI=1S/C20H23N3O/c1-24-17-13-11-16(12-14-17)23-19-10-6-5-9-18(19)22-20(23)21-15-7-3-2-4-8-15/h5-6,9-15H,2-4,7-8H2,1H3,(H,21,22). The minimum Gasteiger partial charge on any atom is -0.497 e. The molecule has 0 amide bonds. The Morgan fingerprint density at radius 3 is 2.50 bits per heavy atom. The highest BCUT2D eigenvalue weighted by Crippen LogP contribution is 2.28.